The van der Waals surface area contributed by atoms with Crippen molar-refractivity contribution in [3.05, 3.63) is 0 Å². The number of nitrogens with zero attached hydrogens (tertiary/aromatic N) is 1. The number of aliphatic hydroxyl groups excluding tert-OH is 1. The second-order valence-corrected chi connectivity index (χ2v) is 4.48. The molecule has 0 spiro atoms. The lowest BCUT2D eigenvalue weighted by Crippen LogP contribution is -2.32. The third-order valence-electron chi connectivity index (χ3n) is 3.03. The summed E-state index contributed by atoms with van der Waals surface area (Å²) in [5.74, 6) is 0. The van der Waals surface area contributed by atoms with Crippen molar-refractivity contribution in [2.75, 3.05) is 13.2 Å². The fourth-order valence-corrected chi connectivity index (χ4v) is 1.65. The highest BCUT2D eigenvalue weighted by Crippen LogP contribution is 2.47. The van der Waals surface area contributed by atoms with Gasteiger partial charge in [-0.3, -0.25) is 0 Å². The molecule has 1 saturated carbocycles. The summed E-state index contributed by atoms with van der Waals surface area (Å²) in [4.78, 5) is 0. The van der Waals surface area contributed by atoms with Gasteiger partial charge in [0.05, 0.1) is 6.07 Å². The number of rotatable bonds is 7. The molecule has 0 bridgehead atoms. The Labute approximate surface area is 86.1 Å². The second-order valence-electron chi connectivity index (χ2n) is 4.48. The summed E-state index contributed by atoms with van der Waals surface area (Å²) in [6.07, 6.45) is 4.95. The Morgan fingerprint density at radius 1 is 1.57 bits per heavy atom. The topological polar surface area (TPSA) is 56.0 Å². The van der Waals surface area contributed by atoms with Gasteiger partial charge in [0.1, 0.15) is 0 Å². The van der Waals surface area contributed by atoms with Crippen molar-refractivity contribution in [3.63, 3.8) is 0 Å². The monoisotopic (exact) mass is 196 g/mol. The number of hydrogen-bond acceptors (Lipinski definition) is 3. The lowest BCUT2D eigenvalue weighted by molar-refractivity contribution is 0.274. The van der Waals surface area contributed by atoms with E-state index in [0.717, 1.165) is 19.4 Å². The first-order valence-corrected chi connectivity index (χ1v) is 5.44. The van der Waals surface area contributed by atoms with Gasteiger partial charge in [0, 0.05) is 25.6 Å². The predicted octanol–water partition coefficient (Wildman–Crippen LogP) is 1.43. The Hall–Kier alpha value is -0.590. The molecular formula is C11H20N2O. The van der Waals surface area contributed by atoms with Crippen molar-refractivity contribution in [2.45, 2.75) is 45.1 Å². The molecule has 0 aromatic rings. The summed E-state index contributed by atoms with van der Waals surface area (Å²) in [7, 11) is 0. The van der Waals surface area contributed by atoms with E-state index in [9.17, 15) is 0 Å². The standard InChI is InChI=1S/C11H20N2O/c1-10(3-2-8-14)13-9-11(4-5-11)6-7-12/h10,13-14H,2-6,8-9H2,1H3. The van der Waals surface area contributed by atoms with Crippen molar-refractivity contribution in [1.29, 1.82) is 5.26 Å². The van der Waals surface area contributed by atoms with E-state index in [4.69, 9.17) is 10.4 Å². The summed E-state index contributed by atoms with van der Waals surface area (Å²) in [5.41, 5.74) is 0.294. The quantitative estimate of drug-likeness (QED) is 0.647. The van der Waals surface area contributed by atoms with Crippen molar-refractivity contribution >= 4 is 0 Å². The number of aliphatic hydroxyl groups is 1. The molecule has 2 N–H and O–H groups in total. The van der Waals surface area contributed by atoms with E-state index in [1.54, 1.807) is 0 Å². The first kappa shape index (κ1) is 11.5. The summed E-state index contributed by atoms with van der Waals surface area (Å²) in [5, 5.41) is 20.7. The molecule has 0 radical (unpaired) electrons. The Balaban J connectivity index is 2.11. The predicted molar refractivity (Wildman–Crippen MR) is 55.7 cm³/mol. The van der Waals surface area contributed by atoms with Crippen LogP contribution in [0.1, 0.15) is 39.0 Å². The summed E-state index contributed by atoms with van der Waals surface area (Å²) >= 11 is 0. The Bertz CT molecular complexity index is 206. The Morgan fingerprint density at radius 3 is 2.79 bits per heavy atom. The molecule has 0 aromatic heterocycles. The molecule has 1 fully saturated rings. The molecule has 3 nitrogen and oxygen atoms in total. The summed E-state index contributed by atoms with van der Waals surface area (Å²) < 4.78 is 0. The average Bonchev–Trinajstić information content (AvgIpc) is 2.93. The van der Waals surface area contributed by atoms with Crippen molar-refractivity contribution < 1.29 is 5.11 Å². The molecule has 0 saturated heterocycles. The van der Waals surface area contributed by atoms with Crippen LogP contribution in [0.4, 0.5) is 0 Å². The van der Waals surface area contributed by atoms with E-state index in [-0.39, 0.29) is 6.61 Å². The largest absolute Gasteiger partial charge is 0.396 e. The van der Waals surface area contributed by atoms with Crippen LogP contribution >= 0.6 is 0 Å². The number of hydrogen-bond donors (Lipinski definition) is 2. The molecule has 0 heterocycles. The van der Waals surface area contributed by atoms with Crippen LogP contribution < -0.4 is 5.32 Å². The zero-order valence-electron chi connectivity index (χ0n) is 8.92. The van der Waals surface area contributed by atoms with Gasteiger partial charge in [-0.15, -0.1) is 0 Å². The minimum absolute atomic E-state index is 0.273. The van der Waals surface area contributed by atoms with Gasteiger partial charge < -0.3 is 10.4 Å². The van der Waals surface area contributed by atoms with Crippen LogP contribution in [0.3, 0.4) is 0 Å². The first-order chi connectivity index (χ1) is 6.72. The van der Waals surface area contributed by atoms with E-state index in [1.807, 2.05) is 0 Å². The lowest BCUT2D eigenvalue weighted by Gasteiger charge is -2.17. The Kier molecular flexibility index (Phi) is 4.37. The molecule has 0 aromatic carbocycles. The van der Waals surface area contributed by atoms with Crippen LogP contribution in [-0.2, 0) is 0 Å². The normalized spacial score (nSPS) is 20.1. The van der Waals surface area contributed by atoms with E-state index in [0.29, 0.717) is 17.9 Å². The first-order valence-electron chi connectivity index (χ1n) is 5.44. The van der Waals surface area contributed by atoms with Crippen LogP contribution in [0.2, 0.25) is 0 Å². The van der Waals surface area contributed by atoms with E-state index in [1.165, 1.54) is 12.8 Å². The summed E-state index contributed by atoms with van der Waals surface area (Å²) in [6.45, 7) is 3.38. The maximum absolute atomic E-state index is 8.67. The smallest absolute Gasteiger partial charge is 0.0628 e. The van der Waals surface area contributed by atoms with Crippen molar-refractivity contribution in [2.24, 2.45) is 5.41 Å². The van der Waals surface area contributed by atoms with Crippen LogP contribution in [0, 0.1) is 16.7 Å². The summed E-state index contributed by atoms with van der Waals surface area (Å²) in [6, 6.07) is 2.71. The molecule has 1 rings (SSSR count). The van der Waals surface area contributed by atoms with Gasteiger partial charge in [-0.1, -0.05) is 0 Å². The fourth-order valence-electron chi connectivity index (χ4n) is 1.65. The molecule has 1 aliphatic rings. The molecule has 0 aliphatic heterocycles. The van der Waals surface area contributed by atoms with Gasteiger partial charge in [0.15, 0.2) is 0 Å². The minimum atomic E-state index is 0.273. The van der Waals surface area contributed by atoms with Crippen molar-refractivity contribution in [1.82, 2.24) is 5.32 Å². The molecule has 3 heteroatoms. The molecule has 0 amide bonds. The van der Waals surface area contributed by atoms with Crippen LogP contribution in [0.5, 0.6) is 0 Å². The third-order valence-corrected chi connectivity index (χ3v) is 3.03. The van der Waals surface area contributed by atoms with Crippen LogP contribution in [0.15, 0.2) is 0 Å². The minimum Gasteiger partial charge on any atom is -0.396 e. The van der Waals surface area contributed by atoms with Gasteiger partial charge >= 0.3 is 0 Å². The highest BCUT2D eigenvalue weighted by Gasteiger charge is 2.41. The maximum atomic E-state index is 8.67. The zero-order chi connectivity index (χ0) is 10.4. The number of nitrogens with one attached hydrogen (secondary N) is 1. The van der Waals surface area contributed by atoms with Crippen molar-refractivity contribution in [3.8, 4) is 6.07 Å². The van der Waals surface area contributed by atoms with Gasteiger partial charge in [-0.25, -0.2) is 0 Å². The number of nitriles is 1. The third kappa shape index (κ3) is 3.65. The molecule has 1 aliphatic carbocycles. The second kappa shape index (κ2) is 5.33. The zero-order valence-corrected chi connectivity index (χ0v) is 8.92. The van der Waals surface area contributed by atoms with Gasteiger partial charge in [-0.2, -0.15) is 5.26 Å². The van der Waals surface area contributed by atoms with E-state index >= 15 is 0 Å². The van der Waals surface area contributed by atoms with E-state index < -0.39 is 0 Å². The van der Waals surface area contributed by atoms with Crippen LogP contribution in [0.25, 0.3) is 0 Å². The molecular weight excluding hydrogens is 176 g/mol. The van der Waals surface area contributed by atoms with Gasteiger partial charge in [0.25, 0.3) is 0 Å². The van der Waals surface area contributed by atoms with Gasteiger partial charge in [0.2, 0.25) is 0 Å². The fraction of sp³-hybridized carbons (Fsp3) is 0.909. The van der Waals surface area contributed by atoms with Crippen LogP contribution in [-0.4, -0.2) is 24.3 Å². The lowest BCUT2D eigenvalue weighted by atomic mass is 10.0. The molecule has 14 heavy (non-hydrogen) atoms. The molecule has 1 atom stereocenters. The average molecular weight is 196 g/mol. The van der Waals surface area contributed by atoms with Gasteiger partial charge in [-0.05, 0) is 38.0 Å². The molecule has 80 valence electrons. The van der Waals surface area contributed by atoms with E-state index in [2.05, 4.69) is 18.3 Å². The highest BCUT2D eigenvalue weighted by atomic mass is 16.2. The highest BCUT2D eigenvalue weighted by molar-refractivity contribution is 5.00. The maximum Gasteiger partial charge on any atom is 0.0628 e. The Morgan fingerprint density at radius 2 is 2.29 bits per heavy atom. The SMILES string of the molecule is CC(CCCO)NCC1(CC#N)CC1. The molecule has 1 unspecified atom stereocenters.